The zero-order chi connectivity index (χ0) is 22.2. The van der Waals surface area contributed by atoms with E-state index in [1.54, 1.807) is 13.3 Å². The van der Waals surface area contributed by atoms with Gasteiger partial charge in [-0.1, -0.05) is 0 Å². The average Bonchev–Trinajstić information content (AvgIpc) is 2.79. The van der Waals surface area contributed by atoms with Gasteiger partial charge in [-0.25, -0.2) is 0 Å². The number of fused-ring (bicyclic) bond motifs is 1. The Labute approximate surface area is 189 Å². The molecule has 2 aromatic rings. The summed E-state index contributed by atoms with van der Waals surface area (Å²) in [5.41, 5.74) is 1.72. The number of aliphatic hydroxyl groups is 1. The Kier molecular flexibility index (Phi) is 8.99. The van der Waals surface area contributed by atoms with E-state index in [-0.39, 0.29) is 6.42 Å². The first-order valence-corrected chi connectivity index (χ1v) is 12.4. The number of carbonyl (C=O) groups is 1. The Morgan fingerprint density at radius 2 is 2.16 bits per heavy atom. The summed E-state index contributed by atoms with van der Waals surface area (Å²) in [6.07, 6.45) is 6.84. The van der Waals surface area contributed by atoms with Crippen LogP contribution >= 0.6 is 11.8 Å². The molecule has 6 nitrogen and oxygen atoms in total. The van der Waals surface area contributed by atoms with Crippen LogP contribution in [0.15, 0.2) is 30.5 Å². The highest BCUT2D eigenvalue weighted by atomic mass is 32.2. The quantitative estimate of drug-likeness (QED) is 0.535. The molecule has 1 saturated heterocycles. The van der Waals surface area contributed by atoms with Crippen molar-refractivity contribution >= 4 is 28.6 Å². The largest absolute Gasteiger partial charge is 0.497 e. The van der Waals surface area contributed by atoms with E-state index in [4.69, 9.17) is 4.74 Å². The van der Waals surface area contributed by atoms with Crippen molar-refractivity contribution < 1.29 is 19.7 Å². The van der Waals surface area contributed by atoms with Crippen molar-refractivity contribution in [1.82, 2.24) is 9.88 Å². The molecule has 1 aliphatic heterocycles. The fraction of sp³-hybridized carbons (Fsp3) is 0.583. The molecule has 0 bridgehead atoms. The molecule has 0 aliphatic carbocycles. The summed E-state index contributed by atoms with van der Waals surface area (Å²) < 4.78 is 5.35. The van der Waals surface area contributed by atoms with Crippen LogP contribution in [0.4, 0.5) is 0 Å². The molecule has 0 amide bonds. The first-order valence-electron chi connectivity index (χ1n) is 11.1. The number of pyridine rings is 1. The van der Waals surface area contributed by atoms with E-state index in [9.17, 15) is 15.0 Å². The third-order valence-corrected chi connectivity index (χ3v) is 7.06. The number of carboxylic acid groups (broad SMARTS) is 1. The number of benzene rings is 1. The maximum absolute atomic E-state index is 11.2. The number of methoxy groups -OCH3 is 1. The Balaban J connectivity index is 1.66. The zero-order valence-corrected chi connectivity index (χ0v) is 19.3. The van der Waals surface area contributed by atoms with Gasteiger partial charge in [0.2, 0.25) is 0 Å². The Morgan fingerprint density at radius 3 is 2.90 bits per heavy atom. The number of rotatable bonds is 11. The Morgan fingerprint density at radius 1 is 1.32 bits per heavy atom. The van der Waals surface area contributed by atoms with E-state index in [0.29, 0.717) is 24.7 Å². The van der Waals surface area contributed by atoms with Crippen LogP contribution in [-0.4, -0.2) is 64.8 Å². The second-order valence-corrected chi connectivity index (χ2v) is 9.40. The summed E-state index contributed by atoms with van der Waals surface area (Å²) in [6.45, 7) is 3.08. The maximum atomic E-state index is 11.2. The molecule has 1 aromatic heterocycles. The smallest absolute Gasteiger partial charge is 0.303 e. The summed E-state index contributed by atoms with van der Waals surface area (Å²) in [4.78, 5) is 18.0. The number of hydrogen-bond acceptors (Lipinski definition) is 6. The van der Waals surface area contributed by atoms with Crippen molar-refractivity contribution in [3.63, 3.8) is 0 Å². The lowest BCUT2D eigenvalue weighted by Gasteiger charge is -2.39. The monoisotopic (exact) mass is 446 g/mol. The van der Waals surface area contributed by atoms with Gasteiger partial charge in [-0.15, -0.1) is 0 Å². The van der Waals surface area contributed by atoms with Gasteiger partial charge in [0.15, 0.2) is 0 Å². The number of thioether (sulfide) groups is 1. The predicted molar refractivity (Wildman–Crippen MR) is 126 cm³/mol. The molecule has 1 unspecified atom stereocenters. The lowest BCUT2D eigenvalue weighted by atomic mass is 9.79. The number of aliphatic carboxylic acids is 1. The van der Waals surface area contributed by atoms with Gasteiger partial charge in [-0.05, 0) is 80.1 Å². The number of hydrogen-bond donors (Lipinski definition) is 2. The van der Waals surface area contributed by atoms with Crippen LogP contribution in [0.5, 0.6) is 5.75 Å². The molecule has 31 heavy (non-hydrogen) atoms. The van der Waals surface area contributed by atoms with Crippen LogP contribution in [0.25, 0.3) is 10.9 Å². The van der Waals surface area contributed by atoms with Gasteiger partial charge >= 0.3 is 5.97 Å². The van der Waals surface area contributed by atoms with Crippen molar-refractivity contribution in [1.29, 1.82) is 0 Å². The van der Waals surface area contributed by atoms with Crippen molar-refractivity contribution in [3.8, 4) is 5.75 Å². The molecule has 0 radical (unpaired) electrons. The fourth-order valence-corrected chi connectivity index (χ4v) is 5.13. The third kappa shape index (κ3) is 6.57. The molecule has 170 valence electrons. The minimum atomic E-state index is -0.725. The number of aliphatic hydroxyl groups excluding tert-OH is 1. The number of ether oxygens (including phenoxy) is 1. The molecule has 0 spiro atoms. The first-order chi connectivity index (χ1) is 15.0. The first kappa shape index (κ1) is 23.8. The molecule has 7 heteroatoms. The van der Waals surface area contributed by atoms with Crippen molar-refractivity contribution in [2.24, 2.45) is 11.8 Å². The standard InChI is InChI=1S/C24H34N2O4S/c1-30-19-5-6-22-21(15-19)20(9-11-25-22)23(27)7-3-17-10-12-26(13-14-31-2)16-18(17)4-8-24(28)29/h5-6,9,11,15,17-18,23,27H,3-4,7-8,10,12-14,16H2,1-2H3,(H,28,29)/t17-,18+,23?/m1/s1. The van der Waals surface area contributed by atoms with E-state index in [1.807, 2.05) is 36.0 Å². The molecule has 2 heterocycles. The molecule has 1 aromatic carbocycles. The Bertz CT molecular complexity index is 863. The van der Waals surface area contributed by atoms with Crippen LogP contribution in [0.2, 0.25) is 0 Å². The number of piperidine rings is 1. The highest BCUT2D eigenvalue weighted by Gasteiger charge is 2.30. The molecular formula is C24H34N2O4S. The summed E-state index contributed by atoms with van der Waals surface area (Å²) in [7, 11) is 1.64. The molecule has 3 rings (SSSR count). The average molecular weight is 447 g/mol. The third-order valence-electron chi connectivity index (χ3n) is 6.47. The molecular weight excluding hydrogens is 412 g/mol. The molecule has 1 fully saturated rings. The second-order valence-electron chi connectivity index (χ2n) is 8.41. The van der Waals surface area contributed by atoms with Crippen LogP contribution in [0, 0.1) is 11.8 Å². The lowest BCUT2D eigenvalue weighted by Crippen LogP contribution is -2.41. The van der Waals surface area contributed by atoms with Crippen LogP contribution in [0.3, 0.4) is 0 Å². The van der Waals surface area contributed by atoms with Crippen molar-refractivity contribution in [2.45, 2.75) is 38.2 Å². The van der Waals surface area contributed by atoms with Crippen LogP contribution in [-0.2, 0) is 4.79 Å². The van der Waals surface area contributed by atoms with Gasteiger partial charge in [0.1, 0.15) is 5.75 Å². The van der Waals surface area contributed by atoms with E-state index >= 15 is 0 Å². The SMILES string of the molecule is COc1ccc2nccc(C(O)CC[C@@H]3CCN(CCSC)C[C@@H]3CCC(=O)O)c2c1. The van der Waals surface area contributed by atoms with Gasteiger partial charge in [-0.2, -0.15) is 11.8 Å². The fourth-order valence-electron chi connectivity index (χ4n) is 4.69. The van der Waals surface area contributed by atoms with Gasteiger partial charge < -0.3 is 19.8 Å². The molecule has 2 N–H and O–H groups in total. The van der Waals surface area contributed by atoms with E-state index < -0.39 is 12.1 Å². The summed E-state index contributed by atoms with van der Waals surface area (Å²) in [5, 5.41) is 21.1. The van der Waals surface area contributed by atoms with E-state index in [1.165, 1.54) is 0 Å². The Hall–Kier alpha value is -1.83. The van der Waals surface area contributed by atoms with E-state index in [2.05, 4.69) is 16.1 Å². The minimum absolute atomic E-state index is 0.217. The number of carboxylic acids is 1. The van der Waals surface area contributed by atoms with Crippen LogP contribution < -0.4 is 4.74 Å². The van der Waals surface area contributed by atoms with Gasteiger partial charge in [-0.3, -0.25) is 9.78 Å². The molecule has 0 saturated carbocycles. The molecule has 3 atom stereocenters. The summed E-state index contributed by atoms with van der Waals surface area (Å²) in [6, 6.07) is 7.61. The number of nitrogens with zero attached hydrogens (tertiary/aromatic N) is 2. The topological polar surface area (TPSA) is 82.9 Å². The summed E-state index contributed by atoms with van der Waals surface area (Å²) in [5.74, 6) is 1.95. The van der Waals surface area contributed by atoms with Crippen LogP contribution in [0.1, 0.15) is 43.8 Å². The van der Waals surface area contributed by atoms with Crippen molar-refractivity contribution in [2.75, 3.05) is 38.8 Å². The van der Waals surface area contributed by atoms with Gasteiger partial charge in [0, 0.05) is 36.8 Å². The van der Waals surface area contributed by atoms with Gasteiger partial charge in [0.25, 0.3) is 0 Å². The molecule has 1 aliphatic rings. The normalized spacial score (nSPS) is 20.6. The minimum Gasteiger partial charge on any atom is -0.497 e. The van der Waals surface area contributed by atoms with E-state index in [0.717, 1.165) is 60.4 Å². The predicted octanol–water partition coefficient (Wildman–Crippen LogP) is 4.22. The second kappa shape index (κ2) is 11.7. The van der Waals surface area contributed by atoms with Gasteiger partial charge in [0.05, 0.1) is 18.7 Å². The lowest BCUT2D eigenvalue weighted by molar-refractivity contribution is -0.137. The number of likely N-dealkylation sites (tertiary alicyclic amines) is 1. The highest BCUT2D eigenvalue weighted by Crippen LogP contribution is 2.35. The maximum Gasteiger partial charge on any atom is 0.303 e. The zero-order valence-electron chi connectivity index (χ0n) is 18.5. The highest BCUT2D eigenvalue weighted by molar-refractivity contribution is 7.98. The van der Waals surface area contributed by atoms with Crippen molar-refractivity contribution in [3.05, 3.63) is 36.0 Å². The number of aromatic nitrogens is 1. The summed E-state index contributed by atoms with van der Waals surface area (Å²) >= 11 is 1.85.